The Morgan fingerprint density at radius 3 is 1.18 bits per heavy atom. The summed E-state index contributed by atoms with van der Waals surface area (Å²) in [7, 11) is 0. The molecule has 0 fully saturated rings. The summed E-state index contributed by atoms with van der Waals surface area (Å²) in [6.07, 6.45) is -8.94. The molecule has 0 aliphatic carbocycles. The Labute approximate surface area is 208 Å². The van der Waals surface area contributed by atoms with E-state index in [1.54, 1.807) is 0 Å². The first-order chi connectivity index (χ1) is 17.7. The molecule has 0 N–H and O–H groups in total. The van der Waals surface area contributed by atoms with Gasteiger partial charge in [0.15, 0.2) is 0 Å². The van der Waals surface area contributed by atoms with Crippen LogP contribution in [0.2, 0.25) is 0 Å². The molecule has 2 heterocycles. The van der Waals surface area contributed by atoms with Crippen molar-refractivity contribution in [3.05, 3.63) is 106 Å². The van der Waals surface area contributed by atoms with Crippen LogP contribution in [0, 0.1) is 23.3 Å². The van der Waals surface area contributed by atoms with E-state index in [9.17, 15) is 43.9 Å². The van der Waals surface area contributed by atoms with E-state index in [0.717, 1.165) is 24.3 Å². The molecule has 12 heteroatoms. The third kappa shape index (κ3) is 5.79. The topological polar surface area (TPSA) is 25.8 Å². The minimum Gasteiger partial charge on any atom is -0.256 e. The second kappa shape index (κ2) is 10.1. The molecule has 4 aromatic rings. The highest BCUT2D eigenvalue weighted by atomic mass is 19.4. The van der Waals surface area contributed by atoms with Crippen LogP contribution >= 0.6 is 0 Å². The molecule has 0 bridgehead atoms. The summed E-state index contributed by atoms with van der Waals surface area (Å²) in [4.78, 5) is 7.28. The van der Waals surface area contributed by atoms with Crippen molar-refractivity contribution in [3.63, 3.8) is 0 Å². The lowest BCUT2D eigenvalue weighted by molar-refractivity contribution is -0.138. The molecule has 0 aliphatic heterocycles. The molecule has 38 heavy (non-hydrogen) atoms. The van der Waals surface area contributed by atoms with Crippen LogP contribution in [0.4, 0.5) is 43.9 Å². The van der Waals surface area contributed by atoms with Gasteiger partial charge in [0.2, 0.25) is 0 Å². The highest BCUT2D eigenvalue weighted by Crippen LogP contribution is 2.35. The van der Waals surface area contributed by atoms with Crippen LogP contribution in [-0.2, 0) is 25.2 Å². The van der Waals surface area contributed by atoms with E-state index in [0.29, 0.717) is 36.7 Å². The van der Waals surface area contributed by atoms with Gasteiger partial charge in [0.05, 0.1) is 22.5 Å². The molecule has 0 atom stereocenters. The Balaban J connectivity index is 1.72. The largest absolute Gasteiger partial charge is 0.417 e. The second-order valence-electron chi connectivity index (χ2n) is 8.20. The van der Waals surface area contributed by atoms with Crippen LogP contribution in [0.5, 0.6) is 0 Å². The smallest absolute Gasteiger partial charge is 0.256 e. The Hall–Kier alpha value is -3.96. The summed E-state index contributed by atoms with van der Waals surface area (Å²) in [6, 6.07) is 5.99. The Bertz CT molecular complexity index is 1350. The number of aromatic nitrogens is 2. The van der Waals surface area contributed by atoms with Crippen molar-refractivity contribution in [1.82, 2.24) is 9.97 Å². The second-order valence-corrected chi connectivity index (χ2v) is 8.20. The average Bonchev–Trinajstić information content (AvgIpc) is 2.81. The SMILES string of the molecule is Fc1cc(F)c(-c2ccc(C(F)(F)F)cn2)c(CCc2cc(F)cc(F)c2-c2ccc(C(F)(F)F)cn2)c1. The standard InChI is InChI=1S/C26H14F10N2/c27-17-7-13(23(19(29)9-17)21-5-3-15(11-37-21)25(31,32)33)1-2-14-8-18(28)10-20(30)24(14)22-6-4-16(12-38-22)26(34,35)36/h3-12H,1-2H2. The van der Waals surface area contributed by atoms with Gasteiger partial charge in [0, 0.05) is 35.7 Å². The zero-order valence-corrected chi connectivity index (χ0v) is 18.9. The summed E-state index contributed by atoms with van der Waals surface area (Å²) < 4.78 is 135. The predicted molar refractivity (Wildman–Crippen MR) is 117 cm³/mol. The van der Waals surface area contributed by atoms with Crippen LogP contribution in [-0.4, -0.2) is 9.97 Å². The summed E-state index contributed by atoms with van der Waals surface area (Å²) in [5.41, 5.74) is -3.40. The number of aryl methyl sites for hydroxylation is 2. The van der Waals surface area contributed by atoms with Crippen molar-refractivity contribution >= 4 is 0 Å². The van der Waals surface area contributed by atoms with E-state index in [-0.39, 0.29) is 46.5 Å². The first kappa shape index (κ1) is 27.1. The van der Waals surface area contributed by atoms with E-state index < -0.39 is 46.7 Å². The highest BCUT2D eigenvalue weighted by molar-refractivity contribution is 5.67. The predicted octanol–water partition coefficient (Wildman–Crippen LogP) is 8.19. The first-order valence-corrected chi connectivity index (χ1v) is 10.8. The van der Waals surface area contributed by atoms with Gasteiger partial charge in [-0.2, -0.15) is 26.3 Å². The fraction of sp³-hybridized carbons (Fsp3) is 0.154. The quantitative estimate of drug-likeness (QED) is 0.237. The van der Waals surface area contributed by atoms with Crippen LogP contribution in [0.25, 0.3) is 22.5 Å². The summed E-state index contributed by atoms with van der Waals surface area (Å²) >= 11 is 0. The molecule has 0 spiro atoms. The molecule has 0 unspecified atom stereocenters. The number of hydrogen-bond acceptors (Lipinski definition) is 2. The van der Waals surface area contributed by atoms with E-state index in [4.69, 9.17) is 0 Å². The number of pyridine rings is 2. The third-order valence-electron chi connectivity index (χ3n) is 5.63. The number of hydrogen-bond donors (Lipinski definition) is 0. The van der Waals surface area contributed by atoms with Crippen molar-refractivity contribution in [2.24, 2.45) is 0 Å². The van der Waals surface area contributed by atoms with E-state index in [1.165, 1.54) is 0 Å². The van der Waals surface area contributed by atoms with Crippen LogP contribution in [0.15, 0.2) is 60.9 Å². The third-order valence-corrected chi connectivity index (χ3v) is 5.63. The normalized spacial score (nSPS) is 12.2. The lowest BCUT2D eigenvalue weighted by Crippen LogP contribution is -2.07. The van der Waals surface area contributed by atoms with Gasteiger partial charge >= 0.3 is 12.4 Å². The Morgan fingerprint density at radius 1 is 0.526 bits per heavy atom. The molecular formula is C26H14F10N2. The highest BCUT2D eigenvalue weighted by Gasteiger charge is 2.32. The summed E-state index contributed by atoms with van der Waals surface area (Å²) in [6.45, 7) is 0. The molecular weight excluding hydrogens is 530 g/mol. The number of benzene rings is 2. The van der Waals surface area contributed by atoms with E-state index in [1.807, 2.05) is 0 Å². The van der Waals surface area contributed by atoms with E-state index in [2.05, 4.69) is 9.97 Å². The lowest BCUT2D eigenvalue weighted by atomic mass is 9.93. The average molecular weight is 544 g/mol. The molecule has 2 aromatic heterocycles. The van der Waals surface area contributed by atoms with Crippen LogP contribution in [0.3, 0.4) is 0 Å². The lowest BCUT2D eigenvalue weighted by Gasteiger charge is -2.15. The zero-order valence-electron chi connectivity index (χ0n) is 18.9. The molecule has 0 saturated carbocycles. The molecule has 4 rings (SSSR count). The van der Waals surface area contributed by atoms with Gasteiger partial charge in [-0.05, 0) is 60.4 Å². The van der Waals surface area contributed by atoms with Gasteiger partial charge in [-0.1, -0.05) is 0 Å². The monoisotopic (exact) mass is 544 g/mol. The maximum atomic E-state index is 14.7. The van der Waals surface area contributed by atoms with Gasteiger partial charge < -0.3 is 0 Å². The van der Waals surface area contributed by atoms with Crippen molar-refractivity contribution in [3.8, 4) is 22.5 Å². The van der Waals surface area contributed by atoms with Crippen molar-refractivity contribution in [2.75, 3.05) is 0 Å². The zero-order chi connectivity index (χ0) is 27.8. The molecule has 198 valence electrons. The fourth-order valence-corrected chi connectivity index (χ4v) is 3.91. The van der Waals surface area contributed by atoms with Crippen LogP contribution < -0.4 is 0 Å². The van der Waals surface area contributed by atoms with Gasteiger partial charge in [-0.15, -0.1) is 0 Å². The summed E-state index contributed by atoms with van der Waals surface area (Å²) in [5.74, 6) is -4.27. The van der Waals surface area contributed by atoms with Gasteiger partial charge in [-0.25, -0.2) is 17.6 Å². The molecule has 0 saturated heterocycles. The van der Waals surface area contributed by atoms with Crippen molar-refractivity contribution < 1.29 is 43.9 Å². The maximum Gasteiger partial charge on any atom is 0.417 e. The Morgan fingerprint density at radius 2 is 0.895 bits per heavy atom. The van der Waals surface area contributed by atoms with Gasteiger partial charge in [0.1, 0.15) is 23.3 Å². The fourth-order valence-electron chi connectivity index (χ4n) is 3.91. The Kier molecular flexibility index (Phi) is 7.18. The maximum absolute atomic E-state index is 14.7. The first-order valence-electron chi connectivity index (χ1n) is 10.8. The van der Waals surface area contributed by atoms with Crippen LogP contribution in [0.1, 0.15) is 22.3 Å². The minimum absolute atomic E-state index is 0.0641. The molecule has 2 nitrogen and oxygen atoms in total. The minimum atomic E-state index is -4.69. The van der Waals surface area contributed by atoms with E-state index >= 15 is 0 Å². The number of alkyl halides is 6. The number of nitrogens with zero attached hydrogens (tertiary/aromatic N) is 2. The van der Waals surface area contributed by atoms with Crippen molar-refractivity contribution in [2.45, 2.75) is 25.2 Å². The molecule has 0 amide bonds. The number of halogens is 10. The molecule has 2 aromatic carbocycles. The molecule has 0 radical (unpaired) electrons. The summed E-state index contributed by atoms with van der Waals surface area (Å²) in [5, 5.41) is 0. The number of rotatable bonds is 5. The van der Waals surface area contributed by atoms with Gasteiger partial charge in [-0.3, -0.25) is 9.97 Å². The van der Waals surface area contributed by atoms with Crippen molar-refractivity contribution in [1.29, 1.82) is 0 Å². The molecule has 0 aliphatic rings. The van der Waals surface area contributed by atoms with Gasteiger partial charge in [0.25, 0.3) is 0 Å².